The number of hydrogen-bond acceptors (Lipinski definition) is 3. The van der Waals surface area contributed by atoms with E-state index in [0.29, 0.717) is 19.0 Å². The van der Waals surface area contributed by atoms with Crippen LogP contribution in [0.5, 0.6) is 0 Å². The van der Waals surface area contributed by atoms with Crippen molar-refractivity contribution < 1.29 is 21.6 Å². The Bertz CT molecular complexity index is 429. The van der Waals surface area contributed by atoms with Crippen molar-refractivity contribution in [1.29, 1.82) is 0 Å². The zero-order valence-electron chi connectivity index (χ0n) is 12.0. The maximum absolute atomic E-state index is 12.3. The molecule has 2 rings (SSSR count). The van der Waals surface area contributed by atoms with Crippen molar-refractivity contribution in [2.75, 3.05) is 25.4 Å². The number of halogens is 3. The van der Waals surface area contributed by atoms with Crippen LogP contribution in [0, 0.1) is 5.92 Å². The number of alkyl halides is 3. The molecule has 8 heteroatoms. The standard InChI is InChI=1S/C13H23F3N2O2S/c14-13(15,16)6-2-8-21(19,20)18(9-11-4-5-11)10-12-3-1-7-17-12/h11-12,17H,1-10H2. The fraction of sp³-hybridized carbons (Fsp3) is 1.00. The third kappa shape index (κ3) is 6.12. The van der Waals surface area contributed by atoms with Gasteiger partial charge in [-0.2, -0.15) is 13.2 Å². The van der Waals surface area contributed by atoms with E-state index in [1.807, 2.05) is 0 Å². The summed E-state index contributed by atoms with van der Waals surface area (Å²) in [7, 11) is -3.59. The summed E-state index contributed by atoms with van der Waals surface area (Å²) in [4.78, 5) is 0. The largest absolute Gasteiger partial charge is 0.389 e. The molecule has 1 atom stereocenters. The summed E-state index contributed by atoms with van der Waals surface area (Å²) < 4.78 is 62.5. The summed E-state index contributed by atoms with van der Waals surface area (Å²) in [6.45, 7) is 1.74. The van der Waals surface area contributed by atoms with Crippen LogP contribution in [-0.2, 0) is 10.0 Å². The van der Waals surface area contributed by atoms with Gasteiger partial charge in [-0.05, 0) is 44.6 Å². The molecule has 0 amide bonds. The zero-order valence-corrected chi connectivity index (χ0v) is 12.8. The van der Waals surface area contributed by atoms with Gasteiger partial charge in [0.05, 0.1) is 5.75 Å². The van der Waals surface area contributed by atoms with Crippen molar-refractivity contribution in [2.45, 2.75) is 50.7 Å². The lowest BCUT2D eigenvalue weighted by atomic mass is 10.2. The molecule has 1 unspecified atom stereocenters. The van der Waals surface area contributed by atoms with E-state index in [1.54, 1.807) is 0 Å². The van der Waals surface area contributed by atoms with Crippen LogP contribution >= 0.6 is 0 Å². The Balaban J connectivity index is 1.89. The molecule has 1 N–H and O–H groups in total. The second kappa shape index (κ2) is 6.83. The SMILES string of the molecule is O=S(=O)(CCCC(F)(F)F)N(CC1CC1)CC1CCCN1. The van der Waals surface area contributed by atoms with Crippen molar-refractivity contribution in [3.8, 4) is 0 Å². The topological polar surface area (TPSA) is 49.4 Å². The van der Waals surface area contributed by atoms with Crippen LogP contribution in [-0.4, -0.2) is 50.3 Å². The van der Waals surface area contributed by atoms with Crippen LogP contribution < -0.4 is 5.32 Å². The molecule has 1 heterocycles. The van der Waals surface area contributed by atoms with Gasteiger partial charge in [-0.25, -0.2) is 12.7 Å². The van der Waals surface area contributed by atoms with Crippen LogP contribution in [0.3, 0.4) is 0 Å². The zero-order chi connectivity index (χ0) is 15.5. The lowest BCUT2D eigenvalue weighted by Crippen LogP contribution is -2.43. The Morgan fingerprint density at radius 1 is 1.14 bits per heavy atom. The number of nitrogens with one attached hydrogen (secondary N) is 1. The van der Waals surface area contributed by atoms with Gasteiger partial charge < -0.3 is 5.32 Å². The first kappa shape index (κ1) is 17.0. The summed E-state index contributed by atoms with van der Waals surface area (Å²) in [5.74, 6) is -0.0184. The molecule has 0 radical (unpaired) electrons. The second-order valence-corrected chi connectivity index (χ2v) is 8.18. The van der Waals surface area contributed by atoms with E-state index in [-0.39, 0.29) is 12.5 Å². The molecular formula is C13H23F3N2O2S. The monoisotopic (exact) mass is 328 g/mol. The van der Waals surface area contributed by atoms with Crippen LogP contribution in [0.1, 0.15) is 38.5 Å². The van der Waals surface area contributed by atoms with Crippen LogP contribution in [0.2, 0.25) is 0 Å². The van der Waals surface area contributed by atoms with Crippen molar-refractivity contribution in [3.05, 3.63) is 0 Å². The molecule has 1 saturated carbocycles. The van der Waals surface area contributed by atoms with Crippen LogP contribution in [0.15, 0.2) is 0 Å². The summed E-state index contributed by atoms with van der Waals surface area (Å²) in [5.41, 5.74) is 0. The highest BCUT2D eigenvalue weighted by molar-refractivity contribution is 7.89. The van der Waals surface area contributed by atoms with Gasteiger partial charge in [0.2, 0.25) is 10.0 Å². The molecule has 0 aromatic carbocycles. The summed E-state index contributed by atoms with van der Waals surface area (Å²) in [5, 5.41) is 3.25. The molecule has 2 fully saturated rings. The summed E-state index contributed by atoms with van der Waals surface area (Å²) in [6, 6.07) is 0.140. The molecule has 1 saturated heterocycles. The minimum Gasteiger partial charge on any atom is -0.313 e. The maximum Gasteiger partial charge on any atom is 0.389 e. The molecular weight excluding hydrogens is 305 g/mol. The molecule has 124 valence electrons. The summed E-state index contributed by atoms with van der Waals surface area (Å²) >= 11 is 0. The van der Waals surface area contributed by atoms with Gasteiger partial charge in [0.25, 0.3) is 0 Å². The lowest BCUT2D eigenvalue weighted by Gasteiger charge is -2.25. The molecule has 4 nitrogen and oxygen atoms in total. The lowest BCUT2D eigenvalue weighted by molar-refractivity contribution is -0.134. The van der Waals surface area contributed by atoms with E-state index in [9.17, 15) is 21.6 Å². The minimum atomic E-state index is -4.29. The van der Waals surface area contributed by atoms with E-state index < -0.39 is 28.4 Å². The van der Waals surface area contributed by atoms with E-state index in [0.717, 1.165) is 32.2 Å². The number of nitrogens with zero attached hydrogens (tertiary/aromatic N) is 1. The minimum absolute atomic E-state index is 0.140. The Kier molecular flexibility index (Phi) is 5.54. The van der Waals surface area contributed by atoms with Gasteiger partial charge >= 0.3 is 6.18 Å². The average molecular weight is 328 g/mol. The van der Waals surface area contributed by atoms with Gasteiger partial charge in [-0.1, -0.05) is 0 Å². The third-order valence-electron chi connectivity index (χ3n) is 4.00. The average Bonchev–Trinajstić information content (AvgIpc) is 3.00. The number of sulfonamides is 1. The predicted octanol–water partition coefficient (Wildman–Crippen LogP) is 2.12. The molecule has 0 aromatic rings. The molecule has 21 heavy (non-hydrogen) atoms. The Morgan fingerprint density at radius 2 is 1.86 bits per heavy atom. The van der Waals surface area contributed by atoms with E-state index in [2.05, 4.69) is 5.32 Å². The fourth-order valence-electron chi connectivity index (χ4n) is 2.63. The predicted molar refractivity (Wildman–Crippen MR) is 74.4 cm³/mol. The Hall–Kier alpha value is -0.340. The highest BCUT2D eigenvalue weighted by Gasteiger charge is 2.34. The van der Waals surface area contributed by atoms with Crippen LogP contribution in [0.25, 0.3) is 0 Å². The van der Waals surface area contributed by atoms with Crippen molar-refractivity contribution in [1.82, 2.24) is 9.62 Å². The van der Waals surface area contributed by atoms with E-state index in [1.165, 1.54) is 4.31 Å². The molecule has 2 aliphatic rings. The number of hydrogen-bond donors (Lipinski definition) is 1. The van der Waals surface area contributed by atoms with E-state index in [4.69, 9.17) is 0 Å². The van der Waals surface area contributed by atoms with E-state index >= 15 is 0 Å². The van der Waals surface area contributed by atoms with Gasteiger partial charge in [0.15, 0.2) is 0 Å². The molecule has 0 spiro atoms. The molecule has 1 aliphatic heterocycles. The van der Waals surface area contributed by atoms with Crippen molar-refractivity contribution in [2.24, 2.45) is 5.92 Å². The Labute approximate surface area is 124 Å². The normalized spacial score (nSPS) is 23.9. The first-order valence-corrected chi connectivity index (χ1v) is 9.15. The maximum atomic E-state index is 12.3. The second-order valence-electron chi connectivity index (χ2n) is 6.09. The highest BCUT2D eigenvalue weighted by Crippen LogP contribution is 2.31. The van der Waals surface area contributed by atoms with Crippen LogP contribution in [0.4, 0.5) is 13.2 Å². The van der Waals surface area contributed by atoms with Gasteiger partial charge in [0.1, 0.15) is 0 Å². The Morgan fingerprint density at radius 3 is 2.38 bits per heavy atom. The molecule has 0 bridgehead atoms. The highest BCUT2D eigenvalue weighted by atomic mass is 32.2. The smallest absolute Gasteiger partial charge is 0.313 e. The van der Waals surface area contributed by atoms with Gasteiger partial charge in [0, 0.05) is 25.6 Å². The van der Waals surface area contributed by atoms with Crippen molar-refractivity contribution >= 4 is 10.0 Å². The molecule has 0 aromatic heterocycles. The first-order chi connectivity index (χ1) is 9.76. The molecule has 1 aliphatic carbocycles. The first-order valence-electron chi connectivity index (χ1n) is 7.54. The van der Waals surface area contributed by atoms with Gasteiger partial charge in [-0.15, -0.1) is 0 Å². The third-order valence-corrected chi connectivity index (χ3v) is 5.89. The number of rotatable bonds is 8. The quantitative estimate of drug-likeness (QED) is 0.742. The van der Waals surface area contributed by atoms with Crippen molar-refractivity contribution in [3.63, 3.8) is 0 Å². The fourth-order valence-corrected chi connectivity index (χ4v) is 4.24. The van der Waals surface area contributed by atoms with Gasteiger partial charge in [-0.3, -0.25) is 0 Å². The summed E-state index contributed by atoms with van der Waals surface area (Å²) in [6.07, 6.45) is -1.69.